The van der Waals surface area contributed by atoms with E-state index in [2.05, 4.69) is 0 Å². The zero-order valence-electron chi connectivity index (χ0n) is 14.6. The van der Waals surface area contributed by atoms with E-state index in [1.165, 1.54) is 6.07 Å². The molecule has 25 heavy (non-hydrogen) atoms. The first kappa shape index (κ1) is 19.9. The number of carbonyl (C=O) groups excluding carboxylic acids is 2. The van der Waals surface area contributed by atoms with Gasteiger partial charge in [0.15, 0.2) is 12.7 Å². The van der Waals surface area contributed by atoms with Gasteiger partial charge in [-0.05, 0) is 58.2 Å². The maximum Gasteiger partial charge on any atom is 0.347 e. The Balaban J connectivity index is 1.87. The molecule has 1 saturated heterocycles. The number of amides is 1. The molecule has 0 spiro atoms. The third-order valence-electron chi connectivity index (χ3n) is 4.35. The maximum absolute atomic E-state index is 12.4. The summed E-state index contributed by atoms with van der Waals surface area (Å²) in [5.41, 5.74) is 0. The van der Waals surface area contributed by atoms with E-state index in [0.29, 0.717) is 15.8 Å². The van der Waals surface area contributed by atoms with Crippen molar-refractivity contribution in [3.63, 3.8) is 0 Å². The fourth-order valence-corrected chi connectivity index (χ4v) is 3.50. The average molecular weight is 388 g/mol. The smallest absolute Gasteiger partial charge is 0.347 e. The fourth-order valence-electron chi connectivity index (χ4n) is 3.05. The minimum Gasteiger partial charge on any atom is -0.477 e. The molecule has 1 amide bonds. The molecular weight excluding hydrogens is 365 g/mol. The van der Waals surface area contributed by atoms with Crippen molar-refractivity contribution in [2.75, 3.05) is 6.61 Å². The lowest BCUT2D eigenvalue weighted by molar-refractivity contribution is -0.159. The minimum atomic E-state index is -0.886. The standard InChI is InChI=1S/C18H23Cl2NO4/c1-11-5-4-6-12(2)21(11)17(22)10-24-18(23)13(3)25-16-8-7-14(19)9-15(16)20/h7-9,11-13H,4-6,10H2,1-3H3. The highest BCUT2D eigenvalue weighted by Crippen LogP contribution is 2.28. The molecule has 0 N–H and O–H groups in total. The monoisotopic (exact) mass is 387 g/mol. The quantitative estimate of drug-likeness (QED) is 0.713. The van der Waals surface area contributed by atoms with Crippen molar-refractivity contribution >= 4 is 35.1 Å². The Morgan fingerprint density at radius 2 is 1.88 bits per heavy atom. The topological polar surface area (TPSA) is 55.8 Å². The van der Waals surface area contributed by atoms with Crippen LogP contribution in [0.25, 0.3) is 0 Å². The molecule has 5 nitrogen and oxygen atoms in total. The van der Waals surface area contributed by atoms with E-state index in [9.17, 15) is 9.59 Å². The molecule has 1 aromatic rings. The average Bonchev–Trinajstić information content (AvgIpc) is 2.55. The summed E-state index contributed by atoms with van der Waals surface area (Å²) in [7, 11) is 0. The molecule has 0 radical (unpaired) electrons. The van der Waals surface area contributed by atoms with Gasteiger partial charge < -0.3 is 14.4 Å². The molecule has 0 aromatic heterocycles. The third kappa shape index (κ3) is 5.25. The predicted octanol–water partition coefficient (Wildman–Crippen LogP) is 4.09. The zero-order chi connectivity index (χ0) is 18.6. The molecule has 1 fully saturated rings. The Kier molecular flexibility index (Phi) is 6.96. The first-order valence-corrected chi connectivity index (χ1v) is 9.14. The summed E-state index contributed by atoms with van der Waals surface area (Å²) < 4.78 is 10.6. The minimum absolute atomic E-state index is 0.163. The lowest BCUT2D eigenvalue weighted by Crippen LogP contribution is -2.49. The zero-order valence-corrected chi connectivity index (χ0v) is 16.1. The van der Waals surface area contributed by atoms with Crippen LogP contribution in [0.2, 0.25) is 10.0 Å². The van der Waals surface area contributed by atoms with E-state index in [-0.39, 0.29) is 24.6 Å². The van der Waals surface area contributed by atoms with Crippen LogP contribution in [0.1, 0.15) is 40.0 Å². The lowest BCUT2D eigenvalue weighted by atomic mass is 9.97. The number of piperidine rings is 1. The van der Waals surface area contributed by atoms with Gasteiger partial charge in [-0.15, -0.1) is 0 Å². The summed E-state index contributed by atoms with van der Waals surface area (Å²) in [5, 5.41) is 0.780. The first-order valence-electron chi connectivity index (χ1n) is 8.39. The van der Waals surface area contributed by atoms with Gasteiger partial charge in [-0.2, -0.15) is 0 Å². The first-order chi connectivity index (χ1) is 11.8. The molecule has 138 valence electrons. The van der Waals surface area contributed by atoms with E-state index in [0.717, 1.165) is 19.3 Å². The number of ether oxygens (including phenoxy) is 2. The van der Waals surface area contributed by atoms with Gasteiger partial charge in [-0.3, -0.25) is 4.79 Å². The molecule has 0 bridgehead atoms. The van der Waals surface area contributed by atoms with E-state index in [4.69, 9.17) is 32.7 Å². The van der Waals surface area contributed by atoms with Crippen LogP contribution in [0.5, 0.6) is 5.75 Å². The molecule has 2 rings (SSSR count). The van der Waals surface area contributed by atoms with Crippen LogP contribution >= 0.6 is 23.2 Å². The Bertz CT molecular complexity index is 628. The highest BCUT2D eigenvalue weighted by Gasteiger charge is 2.30. The van der Waals surface area contributed by atoms with Crippen molar-refractivity contribution in [2.45, 2.75) is 58.2 Å². The van der Waals surface area contributed by atoms with Crippen LogP contribution in [-0.4, -0.2) is 41.6 Å². The Morgan fingerprint density at radius 3 is 2.48 bits per heavy atom. The maximum atomic E-state index is 12.4. The Morgan fingerprint density at radius 1 is 1.24 bits per heavy atom. The van der Waals surface area contributed by atoms with E-state index < -0.39 is 12.1 Å². The van der Waals surface area contributed by atoms with Gasteiger partial charge in [0.05, 0.1) is 5.02 Å². The number of rotatable bonds is 5. The summed E-state index contributed by atoms with van der Waals surface area (Å²) in [6.45, 7) is 5.30. The lowest BCUT2D eigenvalue weighted by Gasteiger charge is -2.38. The van der Waals surface area contributed by atoms with Crippen molar-refractivity contribution in [1.29, 1.82) is 0 Å². The normalized spacial score (nSPS) is 21.6. The highest BCUT2D eigenvalue weighted by atomic mass is 35.5. The second-order valence-electron chi connectivity index (χ2n) is 6.37. The van der Waals surface area contributed by atoms with Gasteiger partial charge in [0, 0.05) is 17.1 Å². The number of nitrogens with zero attached hydrogens (tertiary/aromatic N) is 1. The van der Waals surface area contributed by atoms with Crippen LogP contribution in [0, 0.1) is 0 Å². The number of likely N-dealkylation sites (tertiary alicyclic amines) is 1. The molecule has 0 saturated carbocycles. The third-order valence-corrected chi connectivity index (χ3v) is 4.88. The van der Waals surface area contributed by atoms with Crippen LogP contribution in [0.15, 0.2) is 18.2 Å². The van der Waals surface area contributed by atoms with Crippen LogP contribution in [-0.2, 0) is 14.3 Å². The molecule has 1 heterocycles. The summed E-state index contributed by atoms with van der Waals surface area (Å²) in [4.78, 5) is 26.3. The molecule has 1 aliphatic heterocycles. The van der Waals surface area contributed by atoms with Crippen molar-refractivity contribution in [3.8, 4) is 5.75 Å². The van der Waals surface area contributed by atoms with Crippen LogP contribution < -0.4 is 4.74 Å². The molecule has 1 aliphatic rings. The number of hydrogen-bond donors (Lipinski definition) is 0. The van der Waals surface area contributed by atoms with Gasteiger partial charge in [-0.25, -0.2) is 4.79 Å². The van der Waals surface area contributed by atoms with Crippen molar-refractivity contribution < 1.29 is 19.1 Å². The van der Waals surface area contributed by atoms with Crippen LogP contribution in [0.3, 0.4) is 0 Å². The summed E-state index contributed by atoms with van der Waals surface area (Å²) in [6.07, 6.45) is 2.17. The van der Waals surface area contributed by atoms with Gasteiger partial charge >= 0.3 is 5.97 Å². The number of carbonyl (C=O) groups is 2. The van der Waals surface area contributed by atoms with Crippen molar-refractivity contribution in [1.82, 2.24) is 4.90 Å². The van der Waals surface area contributed by atoms with Gasteiger partial charge in [0.2, 0.25) is 0 Å². The van der Waals surface area contributed by atoms with E-state index in [1.807, 2.05) is 13.8 Å². The largest absolute Gasteiger partial charge is 0.477 e. The van der Waals surface area contributed by atoms with Crippen molar-refractivity contribution in [2.24, 2.45) is 0 Å². The van der Waals surface area contributed by atoms with Gasteiger partial charge in [0.1, 0.15) is 5.75 Å². The molecular formula is C18H23Cl2NO4. The number of hydrogen-bond acceptors (Lipinski definition) is 4. The summed E-state index contributed by atoms with van der Waals surface area (Å²) >= 11 is 11.8. The van der Waals surface area contributed by atoms with Crippen molar-refractivity contribution in [3.05, 3.63) is 28.2 Å². The molecule has 0 aliphatic carbocycles. The fraction of sp³-hybridized carbons (Fsp3) is 0.556. The number of halogens is 2. The molecule has 1 aromatic carbocycles. The molecule has 7 heteroatoms. The molecule has 3 atom stereocenters. The Labute approximate surface area is 158 Å². The van der Waals surface area contributed by atoms with Crippen LogP contribution in [0.4, 0.5) is 0 Å². The van der Waals surface area contributed by atoms with E-state index in [1.54, 1.807) is 24.0 Å². The van der Waals surface area contributed by atoms with E-state index >= 15 is 0 Å². The summed E-state index contributed by atoms with van der Waals surface area (Å²) in [5.74, 6) is -0.457. The summed E-state index contributed by atoms with van der Waals surface area (Å²) in [6, 6.07) is 5.05. The molecule has 3 unspecified atom stereocenters. The SMILES string of the molecule is CC(Oc1ccc(Cl)cc1Cl)C(=O)OCC(=O)N1C(C)CCCC1C. The number of benzene rings is 1. The predicted molar refractivity (Wildman–Crippen MR) is 97.1 cm³/mol. The van der Waals surface area contributed by atoms with Gasteiger partial charge in [-0.1, -0.05) is 23.2 Å². The highest BCUT2D eigenvalue weighted by molar-refractivity contribution is 6.35. The second kappa shape index (κ2) is 8.77. The second-order valence-corrected chi connectivity index (χ2v) is 7.22. The number of esters is 1. The Hall–Kier alpha value is -1.46. The van der Waals surface area contributed by atoms with Gasteiger partial charge in [0.25, 0.3) is 5.91 Å².